The van der Waals surface area contributed by atoms with E-state index < -0.39 is 9.84 Å². The molecule has 1 amide bonds. The van der Waals surface area contributed by atoms with Crippen molar-refractivity contribution in [2.75, 3.05) is 16.8 Å². The average molecular weight is 368 g/mol. The van der Waals surface area contributed by atoms with Gasteiger partial charge in [-0.1, -0.05) is 17.7 Å². The Bertz CT molecular complexity index is 905. The van der Waals surface area contributed by atoms with E-state index in [1.54, 1.807) is 28.9 Å². The van der Waals surface area contributed by atoms with Gasteiger partial charge in [0.25, 0.3) is 5.91 Å². The Hall–Kier alpha value is -1.86. The van der Waals surface area contributed by atoms with Crippen molar-refractivity contribution in [2.24, 2.45) is 0 Å². The number of hydrogen-bond acceptors (Lipinski definition) is 4. The van der Waals surface area contributed by atoms with Gasteiger partial charge >= 0.3 is 0 Å². The molecule has 1 N–H and O–H groups in total. The summed E-state index contributed by atoms with van der Waals surface area (Å²) in [4.78, 5) is 12.4. The molecule has 8 heteroatoms. The van der Waals surface area contributed by atoms with Gasteiger partial charge in [0.05, 0.1) is 17.5 Å². The molecule has 128 valence electrons. The number of benzene rings is 1. The zero-order chi connectivity index (χ0) is 17.5. The van der Waals surface area contributed by atoms with Gasteiger partial charge in [-0.05, 0) is 44.0 Å². The summed E-state index contributed by atoms with van der Waals surface area (Å²) in [6.07, 6.45) is 0.527. The molecule has 0 aliphatic carbocycles. The molecule has 2 aromatic rings. The number of anilines is 1. The lowest BCUT2D eigenvalue weighted by atomic mass is 10.2. The molecule has 0 saturated carbocycles. The molecule has 0 radical (unpaired) electrons. The maximum absolute atomic E-state index is 12.4. The first-order chi connectivity index (χ1) is 11.3. The highest BCUT2D eigenvalue weighted by atomic mass is 35.5. The fraction of sp³-hybridized carbons (Fsp3) is 0.375. The lowest BCUT2D eigenvalue weighted by molar-refractivity contribution is 0.102. The predicted octanol–water partition coefficient (Wildman–Crippen LogP) is 2.77. The molecular formula is C16H18ClN3O3S. The summed E-state index contributed by atoms with van der Waals surface area (Å²) in [6.45, 7) is 3.64. The van der Waals surface area contributed by atoms with E-state index in [-0.39, 0.29) is 29.1 Å². The summed E-state index contributed by atoms with van der Waals surface area (Å²) in [5.74, 6) is -0.104. The Morgan fingerprint density at radius 2 is 2.12 bits per heavy atom. The molecule has 0 bridgehead atoms. The van der Waals surface area contributed by atoms with Crippen LogP contribution in [0.25, 0.3) is 0 Å². The third kappa shape index (κ3) is 3.32. The molecule has 1 aliphatic rings. The molecule has 1 aliphatic heterocycles. The van der Waals surface area contributed by atoms with Gasteiger partial charge in [-0.3, -0.25) is 9.48 Å². The van der Waals surface area contributed by atoms with Gasteiger partial charge in [0.1, 0.15) is 0 Å². The van der Waals surface area contributed by atoms with Crippen molar-refractivity contribution in [3.63, 3.8) is 0 Å². The van der Waals surface area contributed by atoms with Gasteiger partial charge in [0.15, 0.2) is 15.5 Å². The number of halogens is 1. The normalized spacial score (nSPS) is 19.4. The number of aryl methyl sites for hydroxylation is 1. The van der Waals surface area contributed by atoms with Crippen molar-refractivity contribution >= 4 is 33.0 Å². The smallest absolute Gasteiger partial charge is 0.276 e. The highest BCUT2D eigenvalue weighted by Crippen LogP contribution is 2.26. The van der Waals surface area contributed by atoms with Crippen LogP contribution in [0, 0.1) is 13.8 Å². The standard InChI is InChI=1S/C16H18ClN3O3S/c1-10-8-15(19-20(10)12-6-7-24(22,23)9-12)16(21)18-14-5-3-4-13(17)11(14)2/h3-5,8,12H,6-7,9H2,1-2H3,(H,18,21). The molecule has 1 aromatic heterocycles. The van der Waals surface area contributed by atoms with Gasteiger partial charge in [0, 0.05) is 16.4 Å². The fourth-order valence-electron chi connectivity index (χ4n) is 2.87. The minimum absolute atomic E-state index is 0.0734. The van der Waals surface area contributed by atoms with Crippen LogP contribution >= 0.6 is 11.6 Å². The minimum atomic E-state index is -3.01. The number of amides is 1. The van der Waals surface area contributed by atoms with Crippen LogP contribution in [0.3, 0.4) is 0 Å². The summed E-state index contributed by atoms with van der Waals surface area (Å²) in [6, 6.07) is 6.75. The monoisotopic (exact) mass is 367 g/mol. The molecule has 0 spiro atoms. The SMILES string of the molecule is Cc1c(Cl)cccc1NC(=O)c1cc(C)n(C2CCS(=O)(=O)C2)n1. The Kier molecular flexibility index (Phi) is 4.40. The lowest BCUT2D eigenvalue weighted by Gasteiger charge is -2.10. The first kappa shape index (κ1) is 17.0. The molecule has 6 nitrogen and oxygen atoms in total. The van der Waals surface area contributed by atoms with Gasteiger partial charge in [-0.15, -0.1) is 0 Å². The van der Waals surface area contributed by atoms with E-state index in [2.05, 4.69) is 10.4 Å². The van der Waals surface area contributed by atoms with Crippen LogP contribution in [-0.4, -0.2) is 35.6 Å². The number of hydrogen-bond donors (Lipinski definition) is 1. The third-order valence-electron chi connectivity index (χ3n) is 4.23. The summed E-state index contributed by atoms with van der Waals surface area (Å²) in [5, 5.41) is 7.68. The topological polar surface area (TPSA) is 81.1 Å². The summed E-state index contributed by atoms with van der Waals surface area (Å²) < 4.78 is 24.9. The van der Waals surface area contributed by atoms with Gasteiger partial charge < -0.3 is 5.32 Å². The van der Waals surface area contributed by atoms with E-state index in [4.69, 9.17) is 11.6 Å². The van der Waals surface area contributed by atoms with Crippen LogP contribution < -0.4 is 5.32 Å². The lowest BCUT2D eigenvalue weighted by Crippen LogP contribution is -2.17. The Morgan fingerprint density at radius 1 is 1.38 bits per heavy atom. The largest absolute Gasteiger partial charge is 0.320 e. The van der Waals surface area contributed by atoms with Crippen molar-refractivity contribution in [3.8, 4) is 0 Å². The molecule has 1 fully saturated rings. The van der Waals surface area contributed by atoms with Gasteiger partial charge in [0.2, 0.25) is 0 Å². The number of rotatable bonds is 3. The second kappa shape index (κ2) is 6.22. The Balaban J connectivity index is 1.82. The maximum atomic E-state index is 12.4. The molecule has 1 aromatic carbocycles. The van der Waals surface area contributed by atoms with Gasteiger partial charge in [-0.2, -0.15) is 5.10 Å². The first-order valence-electron chi connectivity index (χ1n) is 7.60. The number of carbonyl (C=O) groups is 1. The predicted molar refractivity (Wildman–Crippen MR) is 93.4 cm³/mol. The third-order valence-corrected chi connectivity index (χ3v) is 6.39. The Labute approximate surface area is 145 Å². The van der Waals surface area contributed by atoms with Crippen LogP contribution in [0.5, 0.6) is 0 Å². The number of sulfone groups is 1. The van der Waals surface area contributed by atoms with Crippen molar-refractivity contribution in [3.05, 3.63) is 46.2 Å². The molecule has 1 atom stereocenters. The van der Waals surface area contributed by atoms with E-state index in [1.165, 1.54) is 0 Å². The molecule has 3 rings (SSSR count). The van der Waals surface area contributed by atoms with E-state index >= 15 is 0 Å². The van der Waals surface area contributed by atoms with Gasteiger partial charge in [-0.25, -0.2) is 8.42 Å². The summed E-state index contributed by atoms with van der Waals surface area (Å²) in [5.41, 5.74) is 2.44. The first-order valence-corrected chi connectivity index (χ1v) is 9.80. The highest BCUT2D eigenvalue weighted by Gasteiger charge is 2.31. The fourth-order valence-corrected chi connectivity index (χ4v) is 4.73. The van der Waals surface area contributed by atoms with Crippen LogP contribution in [-0.2, 0) is 9.84 Å². The van der Waals surface area contributed by atoms with E-state index in [9.17, 15) is 13.2 Å². The quantitative estimate of drug-likeness (QED) is 0.904. The zero-order valence-corrected chi connectivity index (χ0v) is 15.0. The molecule has 2 heterocycles. The number of nitrogens with zero attached hydrogens (tertiary/aromatic N) is 2. The van der Waals surface area contributed by atoms with Crippen molar-refractivity contribution < 1.29 is 13.2 Å². The average Bonchev–Trinajstić information content (AvgIpc) is 3.06. The van der Waals surface area contributed by atoms with Crippen LogP contribution in [0.1, 0.15) is 34.2 Å². The van der Waals surface area contributed by atoms with Crippen LogP contribution in [0.4, 0.5) is 5.69 Å². The van der Waals surface area contributed by atoms with Crippen molar-refractivity contribution in [1.29, 1.82) is 0 Å². The summed E-state index contributed by atoms with van der Waals surface area (Å²) in [7, 11) is -3.01. The molecule has 24 heavy (non-hydrogen) atoms. The van der Waals surface area contributed by atoms with Crippen molar-refractivity contribution in [1.82, 2.24) is 9.78 Å². The molecule has 1 unspecified atom stereocenters. The van der Waals surface area contributed by atoms with Crippen LogP contribution in [0.15, 0.2) is 24.3 Å². The Morgan fingerprint density at radius 3 is 2.79 bits per heavy atom. The minimum Gasteiger partial charge on any atom is -0.320 e. The van der Waals surface area contributed by atoms with Crippen LogP contribution in [0.2, 0.25) is 5.02 Å². The summed E-state index contributed by atoms with van der Waals surface area (Å²) >= 11 is 6.06. The number of nitrogens with one attached hydrogen (secondary N) is 1. The van der Waals surface area contributed by atoms with E-state index in [1.807, 2.05) is 13.8 Å². The second-order valence-electron chi connectivity index (χ2n) is 6.04. The number of aromatic nitrogens is 2. The highest BCUT2D eigenvalue weighted by molar-refractivity contribution is 7.91. The zero-order valence-electron chi connectivity index (χ0n) is 13.4. The van der Waals surface area contributed by atoms with E-state index in [0.717, 1.165) is 11.3 Å². The van der Waals surface area contributed by atoms with E-state index in [0.29, 0.717) is 17.1 Å². The maximum Gasteiger partial charge on any atom is 0.276 e. The second-order valence-corrected chi connectivity index (χ2v) is 8.67. The molecular weight excluding hydrogens is 350 g/mol. The van der Waals surface area contributed by atoms with Crippen molar-refractivity contribution in [2.45, 2.75) is 26.3 Å². The molecule has 1 saturated heterocycles. The number of carbonyl (C=O) groups excluding carboxylic acids is 1.